The zero-order valence-corrected chi connectivity index (χ0v) is 15.1. The van der Waals surface area contributed by atoms with Crippen molar-refractivity contribution in [1.82, 2.24) is 19.6 Å². The summed E-state index contributed by atoms with van der Waals surface area (Å²) in [6, 6.07) is 11.8. The van der Waals surface area contributed by atoms with Gasteiger partial charge in [0.25, 0.3) is 5.56 Å². The molecule has 3 heterocycles. The molecule has 0 spiro atoms. The second kappa shape index (κ2) is 6.29. The SMILES string of the molecule is Cc1nc2c(-c3cccnc3)c[nH]n2c(=O)c1Cc1ccc(Br)cc1. The summed E-state index contributed by atoms with van der Waals surface area (Å²) in [7, 11) is 0. The van der Waals surface area contributed by atoms with Crippen LogP contribution < -0.4 is 5.56 Å². The van der Waals surface area contributed by atoms with Gasteiger partial charge in [-0.15, -0.1) is 0 Å². The number of aromatic nitrogens is 4. The van der Waals surface area contributed by atoms with Gasteiger partial charge in [0.15, 0.2) is 5.65 Å². The number of halogens is 1. The Hall–Kier alpha value is -2.73. The Morgan fingerprint density at radius 2 is 2.00 bits per heavy atom. The third-order valence-electron chi connectivity index (χ3n) is 4.23. The van der Waals surface area contributed by atoms with Crippen molar-refractivity contribution in [1.29, 1.82) is 0 Å². The van der Waals surface area contributed by atoms with Gasteiger partial charge < -0.3 is 0 Å². The molecule has 0 unspecified atom stereocenters. The van der Waals surface area contributed by atoms with E-state index in [4.69, 9.17) is 0 Å². The Labute approximate surface area is 152 Å². The lowest BCUT2D eigenvalue weighted by Crippen LogP contribution is -2.22. The molecule has 0 radical (unpaired) electrons. The minimum absolute atomic E-state index is 0.0689. The van der Waals surface area contributed by atoms with Crippen LogP contribution in [0.25, 0.3) is 16.8 Å². The minimum atomic E-state index is -0.0689. The maximum Gasteiger partial charge on any atom is 0.276 e. The summed E-state index contributed by atoms with van der Waals surface area (Å²) in [5.41, 5.74) is 4.86. The highest BCUT2D eigenvalue weighted by molar-refractivity contribution is 9.10. The van der Waals surface area contributed by atoms with Crippen molar-refractivity contribution in [3.63, 3.8) is 0 Å². The summed E-state index contributed by atoms with van der Waals surface area (Å²) in [5, 5.41) is 3.02. The Balaban J connectivity index is 1.83. The summed E-state index contributed by atoms with van der Waals surface area (Å²) in [6.45, 7) is 1.88. The van der Waals surface area contributed by atoms with E-state index in [2.05, 4.69) is 31.0 Å². The Kier molecular flexibility index (Phi) is 3.97. The molecule has 5 nitrogen and oxygen atoms in total. The van der Waals surface area contributed by atoms with Gasteiger partial charge in [-0.2, -0.15) is 0 Å². The van der Waals surface area contributed by atoms with Gasteiger partial charge in [0, 0.05) is 51.9 Å². The molecule has 0 aliphatic carbocycles. The molecule has 4 aromatic rings. The molecule has 124 valence electrons. The van der Waals surface area contributed by atoms with E-state index < -0.39 is 0 Å². The first kappa shape index (κ1) is 15.8. The van der Waals surface area contributed by atoms with Gasteiger partial charge in [0.1, 0.15) is 0 Å². The third-order valence-corrected chi connectivity index (χ3v) is 4.76. The molecule has 0 saturated carbocycles. The topological polar surface area (TPSA) is 63.1 Å². The molecule has 0 fully saturated rings. The van der Waals surface area contributed by atoms with Crippen LogP contribution in [0, 0.1) is 6.92 Å². The first-order chi connectivity index (χ1) is 12.1. The van der Waals surface area contributed by atoms with Crippen molar-refractivity contribution < 1.29 is 0 Å². The lowest BCUT2D eigenvalue weighted by atomic mass is 10.0. The summed E-state index contributed by atoms with van der Waals surface area (Å²) < 4.78 is 2.52. The van der Waals surface area contributed by atoms with Crippen molar-refractivity contribution in [3.05, 3.63) is 86.6 Å². The van der Waals surface area contributed by atoms with Crippen LogP contribution >= 0.6 is 15.9 Å². The number of H-pyrrole nitrogens is 1. The fourth-order valence-electron chi connectivity index (χ4n) is 2.90. The molecule has 0 atom stereocenters. The van der Waals surface area contributed by atoms with Gasteiger partial charge in [-0.25, -0.2) is 9.50 Å². The number of hydrogen-bond donors (Lipinski definition) is 1. The largest absolute Gasteiger partial charge is 0.296 e. The number of nitrogens with zero attached hydrogens (tertiary/aromatic N) is 3. The second-order valence-corrected chi connectivity index (χ2v) is 6.79. The van der Waals surface area contributed by atoms with Gasteiger partial charge in [0.05, 0.1) is 0 Å². The van der Waals surface area contributed by atoms with Crippen LogP contribution in [0.4, 0.5) is 0 Å². The zero-order valence-electron chi connectivity index (χ0n) is 13.5. The van der Waals surface area contributed by atoms with E-state index in [0.29, 0.717) is 17.6 Å². The molecular weight excluding hydrogens is 380 g/mol. The number of pyridine rings is 1. The van der Waals surface area contributed by atoms with Crippen LogP contribution in [0.5, 0.6) is 0 Å². The van der Waals surface area contributed by atoms with Crippen molar-refractivity contribution in [2.24, 2.45) is 0 Å². The van der Waals surface area contributed by atoms with Gasteiger partial charge in [0.2, 0.25) is 0 Å². The fourth-order valence-corrected chi connectivity index (χ4v) is 3.17. The third kappa shape index (κ3) is 2.89. The quantitative estimate of drug-likeness (QED) is 0.575. The van der Waals surface area contributed by atoms with Crippen LogP contribution in [0.2, 0.25) is 0 Å². The predicted molar refractivity (Wildman–Crippen MR) is 101 cm³/mol. The number of rotatable bonds is 3. The van der Waals surface area contributed by atoms with E-state index in [1.165, 1.54) is 4.52 Å². The van der Waals surface area contributed by atoms with Crippen LogP contribution in [-0.2, 0) is 6.42 Å². The molecule has 0 aliphatic heterocycles. The molecule has 1 N–H and O–H groups in total. The minimum Gasteiger partial charge on any atom is -0.296 e. The first-order valence-electron chi connectivity index (χ1n) is 7.88. The van der Waals surface area contributed by atoms with E-state index in [0.717, 1.165) is 26.9 Å². The average molecular weight is 395 g/mol. The smallest absolute Gasteiger partial charge is 0.276 e. The molecule has 25 heavy (non-hydrogen) atoms. The summed E-state index contributed by atoms with van der Waals surface area (Å²) in [6.07, 6.45) is 5.83. The number of aromatic amines is 1. The molecule has 0 amide bonds. The zero-order chi connectivity index (χ0) is 17.4. The lowest BCUT2D eigenvalue weighted by molar-refractivity contribution is 0.859. The maximum absolute atomic E-state index is 12.9. The number of benzene rings is 1. The summed E-state index contributed by atoms with van der Waals surface area (Å²) in [5.74, 6) is 0. The number of hydrogen-bond acceptors (Lipinski definition) is 3. The Morgan fingerprint density at radius 1 is 1.20 bits per heavy atom. The van der Waals surface area contributed by atoms with E-state index in [9.17, 15) is 4.79 Å². The summed E-state index contributed by atoms with van der Waals surface area (Å²) in [4.78, 5) is 21.8. The van der Waals surface area contributed by atoms with Gasteiger partial charge in [-0.3, -0.25) is 14.9 Å². The van der Waals surface area contributed by atoms with E-state index in [-0.39, 0.29) is 5.56 Å². The second-order valence-electron chi connectivity index (χ2n) is 5.87. The molecule has 3 aromatic heterocycles. The molecular formula is C19H15BrN4O. The van der Waals surface area contributed by atoms with Crippen molar-refractivity contribution in [2.45, 2.75) is 13.3 Å². The maximum atomic E-state index is 12.9. The number of fused-ring (bicyclic) bond motifs is 1. The van der Waals surface area contributed by atoms with Crippen molar-refractivity contribution in [2.75, 3.05) is 0 Å². The molecule has 1 aromatic carbocycles. The Bertz CT molecular complexity index is 1100. The van der Waals surface area contributed by atoms with Crippen LogP contribution in [0.15, 0.2) is 64.3 Å². The van der Waals surface area contributed by atoms with Crippen LogP contribution in [0.1, 0.15) is 16.8 Å². The number of nitrogens with one attached hydrogen (secondary N) is 1. The van der Waals surface area contributed by atoms with Gasteiger partial charge >= 0.3 is 0 Å². The monoisotopic (exact) mass is 394 g/mol. The van der Waals surface area contributed by atoms with Gasteiger partial charge in [-0.05, 0) is 30.7 Å². The summed E-state index contributed by atoms with van der Waals surface area (Å²) >= 11 is 3.43. The average Bonchev–Trinajstić information content (AvgIpc) is 3.05. The van der Waals surface area contributed by atoms with Crippen LogP contribution in [-0.4, -0.2) is 19.6 Å². The molecule has 0 bridgehead atoms. The number of aryl methyl sites for hydroxylation is 1. The van der Waals surface area contributed by atoms with Crippen molar-refractivity contribution >= 4 is 21.6 Å². The van der Waals surface area contributed by atoms with E-state index in [1.54, 1.807) is 18.6 Å². The first-order valence-corrected chi connectivity index (χ1v) is 8.67. The lowest BCUT2D eigenvalue weighted by Gasteiger charge is -2.07. The molecule has 0 aliphatic rings. The normalized spacial score (nSPS) is 11.1. The van der Waals surface area contributed by atoms with Crippen LogP contribution in [0.3, 0.4) is 0 Å². The highest BCUT2D eigenvalue weighted by Gasteiger charge is 2.15. The Morgan fingerprint density at radius 3 is 2.72 bits per heavy atom. The molecule has 6 heteroatoms. The van der Waals surface area contributed by atoms with E-state index in [1.807, 2.05) is 43.3 Å². The van der Waals surface area contributed by atoms with E-state index >= 15 is 0 Å². The standard InChI is InChI=1S/C19H15BrN4O/c1-12-16(9-13-4-6-15(20)7-5-13)19(25)24-18(23-12)17(11-22-24)14-3-2-8-21-10-14/h2-8,10-11,22H,9H2,1H3. The molecule has 4 rings (SSSR count). The van der Waals surface area contributed by atoms with Gasteiger partial charge in [-0.1, -0.05) is 34.1 Å². The highest BCUT2D eigenvalue weighted by atomic mass is 79.9. The van der Waals surface area contributed by atoms with Crippen molar-refractivity contribution in [3.8, 4) is 11.1 Å². The predicted octanol–water partition coefficient (Wildman–Crippen LogP) is 3.75. The fraction of sp³-hybridized carbons (Fsp3) is 0.105. The molecule has 0 saturated heterocycles. The highest BCUT2D eigenvalue weighted by Crippen LogP contribution is 2.22.